The smallest absolute Gasteiger partial charge is 0.168 e. The summed E-state index contributed by atoms with van der Waals surface area (Å²) in [4.78, 5) is 12.2. The molecule has 0 aliphatic heterocycles. The number of aromatic nitrogens is 2. The highest BCUT2D eigenvalue weighted by Crippen LogP contribution is 2.15. The SMILES string of the molecule is Cc1ccc(CC(=O)c2ccc(C(C)CN)cc2)nn1. The third-order valence-electron chi connectivity index (χ3n) is 3.35. The van der Waals surface area contributed by atoms with Crippen LogP contribution >= 0.6 is 0 Å². The minimum Gasteiger partial charge on any atom is -0.330 e. The Labute approximate surface area is 119 Å². The predicted octanol–water partition coefficient (Wildman–Crippen LogP) is 2.27. The van der Waals surface area contributed by atoms with Gasteiger partial charge in [0.05, 0.1) is 17.8 Å². The van der Waals surface area contributed by atoms with Crippen LogP contribution in [0.2, 0.25) is 0 Å². The Balaban J connectivity index is 2.07. The second-order valence-corrected chi connectivity index (χ2v) is 5.02. The number of nitrogens with zero attached hydrogens (tertiary/aromatic N) is 2. The average Bonchev–Trinajstić information content (AvgIpc) is 2.49. The van der Waals surface area contributed by atoms with E-state index in [4.69, 9.17) is 5.73 Å². The molecule has 20 heavy (non-hydrogen) atoms. The molecule has 0 saturated heterocycles. The van der Waals surface area contributed by atoms with Gasteiger partial charge in [-0.1, -0.05) is 31.2 Å². The van der Waals surface area contributed by atoms with Crippen molar-refractivity contribution in [2.45, 2.75) is 26.2 Å². The first-order chi connectivity index (χ1) is 9.60. The molecule has 0 spiro atoms. The number of nitrogens with two attached hydrogens (primary N) is 1. The molecular weight excluding hydrogens is 250 g/mol. The summed E-state index contributed by atoms with van der Waals surface area (Å²) in [5, 5.41) is 7.97. The molecule has 0 amide bonds. The average molecular weight is 269 g/mol. The fourth-order valence-corrected chi connectivity index (χ4v) is 1.92. The Hall–Kier alpha value is -2.07. The number of benzene rings is 1. The maximum absolute atomic E-state index is 12.2. The van der Waals surface area contributed by atoms with Gasteiger partial charge < -0.3 is 5.73 Å². The minimum atomic E-state index is 0.0510. The number of rotatable bonds is 5. The molecule has 1 heterocycles. The molecule has 1 atom stereocenters. The fourth-order valence-electron chi connectivity index (χ4n) is 1.92. The number of aryl methyl sites for hydroxylation is 1. The normalized spacial score (nSPS) is 12.2. The molecule has 1 unspecified atom stereocenters. The van der Waals surface area contributed by atoms with Crippen LogP contribution in [0, 0.1) is 6.92 Å². The Bertz CT molecular complexity index is 576. The summed E-state index contributed by atoms with van der Waals surface area (Å²) >= 11 is 0. The van der Waals surface area contributed by atoms with Gasteiger partial charge in [0.15, 0.2) is 5.78 Å². The molecule has 2 N–H and O–H groups in total. The van der Waals surface area contributed by atoms with Crippen LogP contribution in [0.1, 0.15) is 40.2 Å². The van der Waals surface area contributed by atoms with Gasteiger partial charge in [0.25, 0.3) is 0 Å². The lowest BCUT2D eigenvalue weighted by molar-refractivity contribution is 0.0991. The lowest BCUT2D eigenvalue weighted by Crippen LogP contribution is -2.10. The van der Waals surface area contributed by atoms with Gasteiger partial charge in [-0.15, -0.1) is 0 Å². The molecular formula is C16H19N3O. The summed E-state index contributed by atoms with van der Waals surface area (Å²) in [6.07, 6.45) is 0.277. The van der Waals surface area contributed by atoms with Crippen molar-refractivity contribution in [1.82, 2.24) is 10.2 Å². The third kappa shape index (κ3) is 3.48. The molecule has 2 rings (SSSR count). The molecule has 0 saturated carbocycles. The third-order valence-corrected chi connectivity index (χ3v) is 3.35. The van der Waals surface area contributed by atoms with Gasteiger partial charge in [-0.05, 0) is 37.1 Å². The summed E-state index contributed by atoms with van der Waals surface area (Å²) in [5.74, 6) is 0.359. The maximum Gasteiger partial charge on any atom is 0.168 e. The van der Waals surface area contributed by atoms with Crippen molar-refractivity contribution in [2.75, 3.05) is 6.54 Å². The highest BCUT2D eigenvalue weighted by molar-refractivity contribution is 5.97. The van der Waals surface area contributed by atoms with Gasteiger partial charge >= 0.3 is 0 Å². The standard InChI is InChI=1S/C16H19N3O/c1-11(10-17)13-4-6-14(7-5-13)16(20)9-15-8-3-12(2)18-19-15/h3-8,11H,9-10,17H2,1-2H3. The van der Waals surface area contributed by atoms with Crippen molar-refractivity contribution in [3.63, 3.8) is 0 Å². The first-order valence-corrected chi connectivity index (χ1v) is 6.72. The van der Waals surface area contributed by atoms with Crippen LogP contribution in [-0.2, 0) is 6.42 Å². The zero-order valence-electron chi connectivity index (χ0n) is 11.8. The summed E-state index contributed by atoms with van der Waals surface area (Å²) in [5.41, 5.74) is 9.02. The molecule has 1 aromatic heterocycles. The summed E-state index contributed by atoms with van der Waals surface area (Å²) < 4.78 is 0. The van der Waals surface area contributed by atoms with Crippen molar-refractivity contribution < 1.29 is 4.79 Å². The van der Waals surface area contributed by atoms with Crippen LogP contribution in [0.15, 0.2) is 36.4 Å². The molecule has 0 aliphatic carbocycles. The first-order valence-electron chi connectivity index (χ1n) is 6.72. The van der Waals surface area contributed by atoms with Gasteiger partial charge in [-0.25, -0.2) is 0 Å². The molecule has 1 aromatic carbocycles. The lowest BCUT2D eigenvalue weighted by Gasteiger charge is -2.09. The molecule has 4 heteroatoms. The fraction of sp³-hybridized carbons (Fsp3) is 0.312. The molecule has 0 aliphatic rings. The molecule has 0 radical (unpaired) electrons. The molecule has 4 nitrogen and oxygen atoms in total. The molecule has 104 valence electrons. The Kier molecular flexibility index (Phi) is 4.58. The Morgan fingerprint density at radius 3 is 2.40 bits per heavy atom. The van der Waals surface area contributed by atoms with E-state index in [9.17, 15) is 4.79 Å². The first kappa shape index (κ1) is 14.3. The Morgan fingerprint density at radius 1 is 1.15 bits per heavy atom. The lowest BCUT2D eigenvalue weighted by atomic mass is 9.98. The van der Waals surface area contributed by atoms with Crippen molar-refractivity contribution in [3.05, 3.63) is 58.9 Å². The summed E-state index contributed by atoms with van der Waals surface area (Å²) in [7, 11) is 0. The van der Waals surface area contributed by atoms with Crippen molar-refractivity contribution >= 4 is 5.78 Å². The molecule has 0 bridgehead atoms. The van der Waals surface area contributed by atoms with Gasteiger partial charge in [0, 0.05) is 5.56 Å². The van der Waals surface area contributed by atoms with Crippen LogP contribution in [0.4, 0.5) is 0 Å². The van der Waals surface area contributed by atoms with Crippen LogP contribution < -0.4 is 5.73 Å². The molecule has 0 fully saturated rings. The van der Waals surface area contributed by atoms with E-state index in [0.717, 1.165) is 11.3 Å². The second kappa shape index (κ2) is 6.39. The van der Waals surface area contributed by atoms with E-state index < -0.39 is 0 Å². The van der Waals surface area contributed by atoms with Gasteiger partial charge in [0.2, 0.25) is 0 Å². The topological polar surface area (TPSA) is 68.9 Å². The number of ketones is 1. The Morgan fingerprint density at radius 2 is 1.85 bits per heavy atom. The van der Waals surface area contributed by atoms with E-state index in [1.807, 2.05) is 43.3 Å². The number of hydrogen-bond donors (Lipinski definition) is 1. The van der Waals surface area contributed by atoms with Crippen molar-refractivity contribution in [1.29, 1.82) is 0 Å². The van der Waals surface area contributed by atoms with Gasteiger partial charge in [-0.2, -0.15) is 10.2 Å². The predicted molar refractivity (Wildman–Crippen MR) is 78.7 cm³/mol. The number of carbonyl (C=O) groups excluding carboxylic acids is 1. The monoisotopic (exact) mass is 269 g/mol. The number of hydrogen-bond acceptors (Lipinski definition) is 4. The summed E-state index contributed by atoms with van der Waals surface area (Å²) in [6, 6.07) is 11.3. The molecule has 2 aromatic rings. The van der Waals surface area contributed by atoms with E-state index in [0.29, 0.717) is 23.7 Å². The van der Waals surface area contributed by atoms with Crippen LogP contribution in [0.5, 0.6) is 0 Å². The zero-order chi connectivity index (χ0) is 14.5. The van der Waals surface area contributed by atoms with E-state index >= 15 is 0 Å². The highest BCUT2D eigenvalue weighted by Gasteiger charge is 2.09. The number of carbonyl (C=O) groups is 1. The second-order valence-electron chi connectivity index (χ2n) is 5.02. The quantitative estimate of drug-likeness (QED) is 0.845. The van der Waals surface area contributed by atoms with E-state index in [1.165, 1.54) is 0 Å². The van der Waals surface area contributed by atoms with Crippen molar-refractivity contribution in [3.8, 4) is 0 Å². The minimum absolute atomic E-state index is 0.0510. The van der Waals surface area contributed by atoms with E-state index in [-0.39, 0.29) is 12.2 Å². The number of Topliss-reactive ketones (excluding diaryl/α,β-unsaturated/α-hetero) is 1. The van der Waals surface area contributed by atoms with E-state index in [2.05, 4.69) is 17.1 Å². The van der Waals surface area contributed by atoms with E-state index in [1.54, 1.807) is 0 Å². The summed E-state index contributed by atoms with van der Waals surface area (Å²) in [6.45, 7) is 4.54. The largest absolute Gasteiger partial charge is 0.330 e. The maximum atomic E-state index is 12.2. The van der Waals surface area contributed by atoms with Gasteiger partial charge in [-0.3, -0.25) is 4.79 Å². The van der Waals surface area contributed by atoms with Crippen molar-refractivity contribution in [2.24, 2.45) is 5.73 Å². The zero-order valence-corrected chi connectivity index (χ0v) is 11.8. The van der Waals surface area contributed by atoms with Crippen LogP contribution in [0.3, 0.4) is 0 Å². The van der Waals surface area contributed by atoms with Crippen LogP contribution in [-0.4, -0.2) is 22.5 Å². The van der Waals surface area contributed by atoms with Gasteiger partial charge in [0.1, 0.15) is 0 Å². The highest BCUT2D eigenvalue weighted by atomic mass is 16.1. The van der Waals surface area contributed by atoms with Crippen LogP contribution in [0.25, 0.3) is 0 Å².